The van der Waals surface area contributed by atoms with Crippen LogP contribution < -0.4 is 5.32 Å². The number of nitrogens with zero attached hydrogens (tertiary/aromatic N) is 1. The summed E-state index contributed by atoms with van der Waals surface area (Å²) in [5.74, 6) is 0.690. The summed E-state index contributed by atoms with van der Waals surface area (Å²) in [6.07, 6.45) is 4.66. The molecular weight excluding hydrogens is 204 g/mol. The lowest BCUT2D eigenvalue weighted by Gasteiger charge is -2.49. The first-order valence-electron chi connectivity index (χ1n) is 6.43. The molecule has 1 saturated carbocycles. The van der Waals surface area contributed by atoms with Gasteiger partial charge in [0.25, 0.3) is 0 Å². The van der Waals surface area contributed by atoms with Crippen LogP contribution in [0.3, 0.4) is 0 Å². The Kier molecular flexibility index (Phi) is 2.64. The van der Waals surface area contributed by atoms with Gasteiger partial charge in [0.2, 0.25) is 5.91 Å². The van der Waals surface area contributed by atoms with Crippen LogP contribution in [0.25, 0.3) is 0 Å². The molecule has 0 atom stereocenters. The normalized spacial score (nSPS) is 29.4. The summed E-state index contributed by atoms with van der Waals surface area (Å²) < 4.78 is 5.79. The van der Waals surface area contributed by atoms with Crippen molar-refractivity contribution in [2.24, 2.45) is 5.92 Å². The molecule has 0 unspecified atom stereocenters. The lowest BCUT2D eigenvalue weighted by molar-refractivity contribution is -0.162. The molecule has 3 fully saturated rings. The van der Waals surface area contributed by atoms with Crippen LogP contribution in [0.1, 0.15) is 25.7 Å². The van der Waals surface area contributed by atoms with Gasteiger partial charge in [-0.05, 0) is 12.8 Å². The third kappa shape index (κ3) is 1.74. The minimum Gasteiger partial charge on any atom is -0.369 e. The maximum Gasteiger partial charge on any atom is 0.225 e. The third-order valence-electron chi connectivity index (χ3n) is 4.16. The van der Waals surface area contributed by atoms with Gasteiger partial charge >= 0.3 is 0 Å². The van der Waals surface area contributed by atoms with Gasteiger partial charge in [-0.1, -0.05) is 12.8 Å². The van der Waals surface area contributed by atoms with E-state index in [1.807, 2.05) is 4.90 Å². The van der Waals surface area contributed by atoms with Crippen LogP contribution in [-0.2, 0) is 9.53 Å². The Hall–Kier alpha value is -0.610. The number of carbonyl (C=O) groups excluding carboxylic acids is 1. The summed E-state index contributed by atoms with van der Waals surface area (Å²) in [5.41, 5.74) is -0.0491. The standard InChI is InChI=1S/C12H20N2O2/c15-11(10-3-1-2-4-10)14-5-6-16-12(9-14)7-13-8-12/h10,13H,1-9H2. The zero-order chi connectivity index (χ0) is 11.0. The van der Waals surface area contributed by atoms with Gasteiger partial charge in [-0.15, -0.1) is 0 Å². The van der Waals surface area contributed by atoms with E-state index in [0.717, 1.165) is 39.0 Å². The molecule has 1 spiro atoms. The van der Waals surface area contributed by atoms with Crippen molar-refractivity contribution in [3.05, 3.63) is 0 Å². The number of hydrogen-bond donors (Lipinski definition) is 1. The van der Waals surface area contributed by atoms with Gasteiger partial charge < -0.3 is 15.0 Å². The molecule has 0 radical (unpaired) electrons. The van der Waals surface area contributed by atoms with Crippen LogP contribution in [-0.4, -0.2) is 49.2 Å². The second-order valence-electron chi connectivity index (χ2n) is 5.38. The molecule has 1 N–H and O–H groups in total. The molecule has 0 aromatic carbocycles. The first-order chi connectivity index (χ1) is 7.79. The van der Waals surface area contributed by atoms with E-state index in [1.54, 1.807) is 0 Å². The van der Waals surface area contributed by atoms with Gasteiger partial charge in [0, 0.05) is 25.6 Å². The average molecular weight is 224 g/mol. The van der Waals surface area contributed by atoms with Crippen molar-refractivity contribution in [3.63, 3.8) is 0 Å². The van der Waals surface area contributed by atoms with Gasteiger partial charge in [0.1, 0.15) is 5.60 Å². The monoisotopic (exact) mass is 224 g/mol. The van der Waals surface area contributed by atoms with Crippen molar-refractivity contribution >= 4 is 5.91 Å². The Bertz CT molecular complexity index is 283. The average Bonchev–Trinajstić information content (AvgIpc) is 2.79. The van der Waals surface area contributed by atoms with E-state index in [4.69, 9.17) is 4.74 Å². The van der Waals surface area contributed by atoms with Crippen LogP contribution in [0.2, 0.25) is 0 Å². The lowest BCUT2D eigenvalue weighted by atomic mass is 9.93. The molecule has 1 aliphatic carbocycles. The summed E-state index contributed by atoms with van der Waals surface area (Å²) in [4.78, 5) is 14.3. The number of hydrogen-bond acceptors (Lipinski definition) is 3. The smallest absolute Gasteiger partial charge is 0.225 e. The lowest BCUT2D eigenvalue weighted by Crippen LogP contribution is -2.69. The predicted molar refractivity (Wildman–Crippen MR) is 60.1 cm³/mol. The molecule has 1 amide bonds. The van der Waals surface area contributed by atoms with Crippen LogP contribution in [0.5, 0.6) is 0 Å². The first kappa shape index (κ1) is 10.5. The molecule has 2 aliphatic heterocycles. The molecular formula is C12H20N2O2. The third-order valence-corrected chi connectivity index (χ3v) is 4.16. The Balaban J connectivity index is 1.63. The Morgan fingerprint density at radius 3 is 2.69 bits per heavy atom. The molecule has 16 heavy (non-hydrogen) atoms. The van der Waals surface area contributed by atoms with Crippen LogP contribution in [0, 0.1) is 5.92 Å². The fourth-order valence-electron chi connectivity index (χ4n) is 3.08. The zero-order valence-corrected chi connectivity index (χ0v) is 9.71. The van der Waals surface area contributed by atoms with Gasteiger partial charge in [0.15, 0.2) is 0 Å². The van der Waals surface area contributed by atoms with Gasteiger partial charge in [-0.3, -0.25) is 4.79 Å². The summed E-state index contributed by atoms with van der Waals surface area (Å²) in [6.45, 7) is 4.11. The highest BCUT2D eigenvalue weighted by Crippen LogP contribution is 2.29. The van der Waals surface area contributed by atoms with Crippen molar-refractivity contribution < 1.29 is 9.53 Å². The van der Waals surface area contributed by atoms with Gasteiger partial charge in [0.05, 0.1) is 13.2 Å². The summed E-state index contributed by atoms with van der Waals surface area (Å²) in [6, 6.07) is 0. The molecule has 0 bridgehead atoms. The SMILES string of the molecule is O=C(C1CCCC1)N1CCOC2(CNC2)C1. The number of nitrogens with one attached hydrogen (secondary N) is 1. The van der Waals surface area contributed by atoms with Crippen LogP contribution in [0.15, 0.2) is 0 Å². The van der Waals surface area contributed by atoms with Crippen molar-refractivity contribution in [2.45, 2.75) is 31.3 Å². The molecule has 90 valence electrons. The number of ether oxygens (including phenoxy) is 1. The second kappa shape index (κ2) is 4.00. The summed E-state index contributed by atoms with van der Waals surface area (Å²) >= 11 is 0. The maximum atomic E-state index is 12.3. The molecule has 4 heteroatoms. The van der Waals surface area contributed by atoms with Crippen LogP contribution >= 0.6 is 0 Å². The predicted octanol–water partition coefficient (Wildman–Crippen LogP) is 0.377. The van der Waals surface area contributed by atoms with Gasteiger partial charge in [-0.25, -0.2) is 0 Å². The van der Waals surface area contributed by atoms with Gasteiger partial charge in [-0.2, -0.15) is 0 Å². The highest BCUT2D eigenvalue weighted by atomic mass is 16.5. The van der Waals surface area contributed by atoms with E-state index in [0.29, 0.717) is 18.4 Å². The Morgan fingerprint density at radius 2 is 2.06 bits per heavy atom. The van der Waals surface area contributed by atoms with E-state index >= 15 is 0 Å². The molecule has 2 saturated heterocycles. The second-order valence-corrected chi connectivity index (χ2v) is 5.38. The van der Waals surface area contributed by atoms with Crippen molar-refractivity contribution in [3.8, 4) is 0 Å². The topological polar surface area (TPSA) is 41.6 Å². The number of carbonyl (C=O) groups is 1. The number of rotatable bonds is 1. The fourth-order valence-corrected chi connectivity index (χ4v) is 3.08. The van der Waals surface area contributed by atoms with E-state index in [-0.39, 0.29) is 5.60 Å². The molecule has 3 rings (SSSR count). The Labute approximate surface area is 96.3 Å². The van der Waals surface area contributed by atoms with E-state index < -0.39 is 0 Å². The molecule has 2 heterocycles. The first-order valence-corrected chi connectivity index (χ1v) is 6.43. The van der Waals surface area contributed by atoms with E-state index in [9.17, 15) is 4.79 Å². The fraction of sp³-hybridized carbons (Fsp3) is 0.917. The van der Waals surface area contributed by atoms with E-state index in [2.05, 4.69) is 5.32 Å². The van der Waals surface area contributed by atoms with Crippen molar-refractivity contribution in [1.29, 1.82) is 0 Å². The summed E-state index contributed by atoms with van der Waals surface area (Å²) in [5, 5.41) is 3.24. The largest absolute Gasteiger partial charge is 0.369 e. The van der Waals surface area contributed by atoms with Crippen molar-refractivity contribution in [1.82, 2.24) is 10.2 Å². The number of morpholine rings is 1. The molecule has 3 aliphatic rings. The minimum absolute atomic E-state index is 0.0491. The minimum atomic E-state index is -0.0491. The highest BCUT2D eigenvalue weighted by Gasteiger charge is 2.44. The number of amides is 1. The quantitative estimate of drug-likeness (QED) is 0.700. The van der Waals surface area contributed by atoms with E-state index in [1.165, 1.54) is 12.8 Å². The highest BCUT2D eigenvalue weighted by molar-refractivity contribution is 5.79. The van der Waals surface area contributed by atoms with Crippen molar-refractivity contribution in [2.75, 3.05) is 32.8 Å². The molecule has 0 aromatic rings. The Morgan fingerprint density at radius 1 is 1.31 bits per heavy atom. The zero-order valence-electron chi connectivity index (χ0n) is 9.71. The molecule has 4 nitrogen and oxygen atoms in total. The summed E-state index contributed by atoms with van der Waals surface area (Å²) in [7, 11) is 0. The molecule has 0 aromatic heterocycles. The maximum absolute atomic E-state index is 12.3. The van der Waals surface area contributed by atoms with Crippen LogP contribution in [0.4, 0.5) is 0 Å².